The van der Waals surface area contributed by atoms with Crippen LogP contribution in [0.3, 0.4) is 0 Å². The summed E-state index contributed by atoms with van der Waals surface area (Å²) in [5.74, 6) is 1.59. The first-order chi connectivity index (χ1) is 17.8. The minimum Gasteiger partial charge on any atom is -0.385 e. The van der Waals surface area contributed by atoms with Gasteiger partial charge in [0.2, 0.25) is 0 Å². The van der Waals surface area contributed by atoms with E-state index in [0.29, 0.717) is 23.0 Å². The van der Waals surface area contributed by atoms with Gasteiger partial charge in [-0.05, 0) is 56.8 Å². The van der Waals surface area contributed by atoms with Crippen molar-refractivity contribution in [1.82, 2.24) is 20.3 Å². The number of rotatable bonds is 8. The van der Waals surface area contributed by atoms with Crippen LogP contribution in [0.1, 0.15) is 26.3 Å². The number of aromatic nitrogens is 3. The van der Waals surface area contributed by atoms with E-state index in [1.54, 1.807) is 26.4 Å². The number of aliphatic hydroxyl groups excluding tert-OH is 1. The van der Waals surface area contributed by atoms with Crippen molar-refractivity contribution in [3.63, 3.8) is 0 Å². The molecule has 1 unspecified atom stereocenters. The molecule has 12 heteroatoms. The second-order valence-electron chi connectivity index (χ2n) is 8.51. The molecule has 2 aromatic heterocycles. The third kappa shape index (κ3) is 5.98. The first kappa shape index (κ1) is 26.3. The van der Waals surface area contributed by atoms with Crippen molar-refractivity contribution in [3.05, 3.63) is 36.2 Å². The van der Waals surface area contributed by atoms with Crippen LogP contribution in [0.15, 0.2) is 40.6 Å². The van der Waals surface area contributed by atoms with Crippen LogP contribution < -0.4 is 15.5 Å². The van der Waals surface area contributed by atoms with Gasteiger partial charge in [0.05, 0.1) is 16.3 Å². The van der Waals surface area contributed by atoms with Crippen LogP contribution in [0.25, 0.3) is 27.2 Å². The fourth-order valence-electron chi connectivity index (χ4n) is 3.73. The highest BCUT2D eigenvalue weighted by Crippen LogP contribution is 2.37. The highest BCUT2D eigenvalue weighted by atomic mass is 32.1. The Kier molecular flexibility index (Phi) is 8.21. The highest BCUT2D eigenvalue weighted by Gasteiger charge is 2.28. The van der Waals surface area contributed by atoms with Crippen molar-refractivity contribution >= 4 is 56.7 Å². The number of methoxy groups -OCH3 is 1. The van der Waals surface area contributed by atoms with Gasteiger partial charge >= 0.3 is 6.03 Å². The molecule has 0 spiro atoms. The lowest BCUT2D eigenvalue weighted by molar-refractivity contribution is 0.0783. The zero-order chi connectivity index (χ0) is 26.5. The van der Waals surface area contributed by atoms with Crippen LogP contribution in [0.4, 0.5) is 15.7 Å². The number of aliphatic imine (C=N–C) groups is 2. The summed E-state index contributed by atoms with van der Waals surface area (Å²) < 4.78 is 6.24. The predicted molar refractivity (Wildman–Crippen MR) is 149 cm³/mol. The van der Waals surface area contributed by atoms with Gasteiger partial charge in [0.15, 0.2) is 16.8 Å². The minimum absolute atomic E-state index is 0.197. The van der Waals surface area contributed by atoms with E-state index >= 15 is 0 Å². The molecule has 11 nitrogen and oxygen atoms in total. The Morgan fingerprint density at radius 2 is 2.19 bits per heavy atom. The summed E-state index contributed by atoms with van der Waals surface area (Å²) in [4.78, 5) is 36.3. The summed E-state index contributed by atoms with van der Waals surface area (Å²) in [5.41, 5.74) is 3.13. The number of fused-ring (bicyclic) bond motifs is 1. The predicted octanol–water partition coefficient (Wildman–Crippen LogP) is 3.57. The average molecular weight is 523 g/mol. The number of ether oxygens (including phenoxy) is 1. The lowest BCUT2D eigenvalue weighted by Gasteiger charge is -2.39. The third-order valence-electron chi connectivity index (χ3n) is 5.82. The topological polar surface area (TPSA) is 137 Å². The lowest BCUT2D eigenvalue weighted by atomic mass is 10.0. The molecule has 1 aliphatic rings. The quantitative estimate of drug-likeness (QED) is 0.304. The summed E-state index contributed by atoms with van der Waals surface area (Å²) in [7, 11) is 1.71. The fourth-order valence-corrected chi connectivity index (χ4v) is 4.68. The largest absolute Gasteiger partial charge is 0.385 e. The van der Waals surface area contributed by atoms with Gasteiger partial charge in [0, 0.05) is 44.7 Å². The number of hydrogen-bond donors (Lipinski definition) is 3. The highest BCUT2D eigenvalue weighted by molar-refractivity contribution is 7.22. The van der Waals surface area contributed by atoms with E-state index in [-0.39, 0.29) is 18.0 Å². The number of nitrogens with one attached hydrogen (secondary N) is 2. The molecule has 0 saturated carbocycles. The summed E-state index contributed by atoms with van der Waals surface area (Å²) in [6.07, 6.45) is 2.73. The zero-order valence-electron chi connectivity index (χ0n) is 21.2. The van der Waals surface area contributed by atoms with Crippen LogP contribution in [-0.4, -0.2) is 77.6 Å². The molecule has 0 bridgehead atoms. The molecule has 0 aliphatic carbocycles. The molecule has 1 fully saturated rings. The maximum absolute atomic E-state index is 12.1. The van der Waals surface area contributed by atoms with E-state index in [4.69, 9.17) is 9.72 Å². The van der Waals surface area contributed by atoms with E-state index in [0.717, 1.165) is 40.3 Å². The fraction of sp³-hybridized carbons (Fsp3) is 0.360. The summed E-state index contributed by atoms with van der Waals surface area (Å²) in [6, 6.07) is 5.46. The number of urea groups is 1. The molecule has 3 N–H and O–H groups in total. The van der Waals surface area contributed by atoms with Gasteiger partial charge in [-0.25, -0.2) is 29.7 Å². The van der Waals surface area contributed by atoms with Gasteiger partial charge < -0.3 is 20.1 Å². The Labute approximate surface area is 219 Å². The van der Waals surface area contributed by atoms with Crippen LogP contribution in [0, 0.1) is 0 Å². The Bertz CT molecular complexity index is 1360. The van der Waals surface area contributed by atoms with Crippen molar-refractivity contribution in [1.29, 1.82) is 0 Å². The van der Waals surface area contributed by atoms with Gasteiger partial charge in [0.25, 0.3) is 0 Å². The van der Waals surface area contributed by atoms with Crippen LogP contribution >= 0.6 is 11.3 Å². The van der Waals surface area contributed by atoms with Crippen molar-refractivity contribution in [3.8, 4) is 11.4 Å². The molecule has 0 radical (unpaired) electrons. The van der Waals surface area contributed by atoms with Gasteiger partial charge in [-0.15, -0.1) is 0 Å². The zero-order valence-corrected chi connectivity index (χ0v) is 22.0. The SMILES string of the molecule is C=N/C(=N\C=C(/C)c1cc(-c2nccc(N3CC(OC)C3)n2)c2sc(NC(=O)NCC)nc2c1)C(C)O. The molecule has 1 aromatic carbocycles. The number of thiazole rings is 1. The Balaban J connectivity index is 1.79. The van der Waals surface area contributed by atoms with Crippen molar-refractivity contribution < 1.29 is 14.6 Å². The number of hydrogen-bond acceptors (Lipinski definition) is 9. The summed E-state index contributed by atoms with van der Waals surface area (Å²) in [6.45, 7) is 10.8. The number of amidine groups is 1. The van der Waals surface area contributed by atoms with Gasteiger partial charge in [0.1, 0.15) is 11.9 Å². The van der Waals surface area contributed by atoms with Crippen LogP contribution in [0.5, 0.6) is 0 Å². The van der Waals surface area contributed by atoms with Crippen LogP contribution in [0.2, 0.25) is 0 Å². The number of benzene rings is 1. The normalized spacial score (nSPS) is 15.4. The number of carbonyl (C=O) groups excluding carboxylic acids is 1. The molecule has 194 valence electrons. The number of anilines is 2. The van der Waals surface area contributed by atoms with E-state index in [2.05, 4.69) is 42.2 Å². The molecule has 1 saturated heterocycles. The lowest BCUT2D eigenvalue weighted by Crippen LogP contribution is -2.52. The Morgan fingerprint density at radius 3 is 2.86 bits per heavy atom. The number of amides is 2. The molecule has 37 heavy (non-hydrogen) atoms. The maximum Gasteiger partial charge on any atom is 0.321 e. The number of aliphatic hydroxyl groups is 1. The molecule has 3 heterocycles. The van der Waals surface area contributed by atoms with E-state index in [1.807, 2.05) is 32.0 Å². The van der Waals surface area contributed by atoms with E-state index in [9.17, 15) is 9.90 Å². The van der Waals surface area contributed by atoms with Crippen molar-refractivity contribution in [2.45, 2.75) is 33.0 Å². The van der Waals surface area contributed by atoms with E-state index < -0.39 is 6.10 Å². The monoisotopic (exact) mass is 522 g/mol. The molecule has 1 aliphatic heterocycles. The maximum atomic E-state index is 12.1. The molecule has 3 aromatic rings. The Hall–Kier alpha value is -3.74. The minimum atomic E-state index is -0.837. The molecule has 1 atom stereocenters. The average Bonchev–Trinajstić information content (AvgIpc) is 3.25. The smallest absolute Gasteiger partial charge is 0.321 e. The first-order valence-electron chi connectivity index (χ1n) is 11.8. The summed E-state index contributed by atoms with van der Waals surface area (Å²) in [5, 5.41) is 15.8. The van der Waals surface area contributed by atoms with Gasteiger partial charge in [-0.2, -0.15) is 0 Å². The van der Waals surface area contributed by atoms with Crippen molar-refractivity contribution in [2.24, 2.45) is 9.98 Å². The van der Waals surface area contributed by atoms with Crippen molar-refractivity contribution in [2.75, 3.05) is 37.0 Å². The van der Waals surface area contributed by atoms with Crippen LogP contribution in [-0.2, 0) is 4.74 Å². The summed E-state index contributed by atoms with van der Waals surface area (Å²) >= 11 is 1.36. The Morgan fingerprint density at radius 1 is 1.41 bits per heavy atom. The number of allylic oxidation sites excluding steroid dienone is 1. The number of nitrogens with zero attached hydrogens (tertiary/aromatic N) is 6. The second kappa shape index (κ2) is 11.5. The van der Waals surface area contributed by atoms with E-state index in [1.165, 1.54) is 11.3 Å². The molecule has 2 amide bonds. The molecule has 4 rings (SSSR count). The second-order valence-corrected chi connectivity index (χ2v) is 9.51. The van der Waals surface area contributed by atoms with Gasteiger partial charge in [-0.3, -0.25) is 5.32 Å². The first-order valence-corrected chi connectivity index (χ1v) is 12.6. The third-order valence-corrected chi connectivity index (χ3v) is 6.84. The number of carbonyl (C=O) groups is 1. The van der Waals surface area contributed by atoms with Gasteiger partial charge in [-0.1, -0.05) is 11.3 Å². The molecular formula is C25H30N8O3S. The standard InChI is InChI=1S/C25H30N8O3S/c1-6-27-24(35)32-25-30-19-10-16(14(2)11-29-22(26-4)15(3)34)9-18(21(19)37-25)23-28-8-7-20(31-23)33-12-17(13-33)36-5/h7-11,15,17,34H,4,6,12-13H2,1-3,5H3,(H2,27,30,32,35)/b14-11+,29-22-. The molecular weight excluding hydrogens is 492 g/mol.